The molecule has 0 radical (unpaired) electrons. The minimum Gasteiger partial charge on any atom is -0.674 e. The van der Waals surface area contributed by atoms with Gasteiger partial charge in [-0.15, -0.1) is 54.4 Å². The van der Waals surface area contributed by atoms with E-state index in [1.807, 2.05) is 36.4 Å². The van der Waals surface area contributed by atoms with Crippen molar-refractivity contribution in [2.45, 2.75) is 6.92 Å². The van der Waals surface area contributed by atoms with Crippen molar-refractivity contribution >= 4 is 11.6 Å². The van der Waals surface area contributed by atoms with Gasteiger partial charge in [-0.3, -0.25) is 0 Å². The molecule has 0 aliphatic heterocycles. The minimum atomic E-state index is 0. The van der Waals surface area contributed by atoms with Crippen LogP contribution in [0, 0.1) is 6.42 Å². The first-order chi connectivity index (χ1) is 10.7. The molecule has 124 valence electrons. The number of benzene rings is 2. The first-order valence-corrected chi connectivity index (χ1v) is 7.17. The Morgan fingerprint density at radius 2 is 1.70 bits per heavy atom. The number of methoxy groups -OCH3 is 2. The summed E-state index contributed by atoms with van der Waals surface area (Å²) >= 11 is 0. The van der Waals surface area contributed by atoms with E-state index in [1.54, 1.807) is 14.2 Å². The van der Waals surface area contributed by atoms with Crippen LogP contribution in [0.2, 0.25) is 0 Å². The van der Waals surface area contributed by atoms with Gasteiger partial charge in [0.15, 0.2) is 11.5 Å². The summed E-state index contributed by atoms with van der Waals surface area (Å²) in [7, 11) is 3.25. The molecule has 0 spiro atoms. The third kappa shape index (κ3) is 4.87. The van der Waals surface area contributed by atoms with Crippen molar-refractivity contribution in [3.8, 4) is 11.5 Å². The summed E-state index contributed by atoms with van der Waals surface area (Å²) in [6, 6.07) is 14.1. The van der Waals surface area contributed by atoms with Crippen LogP contribution in [0.4, 0.5) is 0 Å². The van der Waals surface area contributed by atoms with Gasteiger partial charge in [-0.25, -0.2) is 0 Å². The van der Waals surface area contributed by atoms with Gasteiger partial charge in [0.05, 0.1) is 14.2 Å². The van der Waals surface area contributed by atoms with E-state index in [-0.39, 0.29) is 27.0 Å². The van der Waals surface area contributed by atoms with Crippen molar-refractivity contribution in [1.29, 1.82) is 0 Å². The Kier molecular flexibility index (Phi) is 7.91. The molecule has 1 N–H and O–H groups in total. The second-order valence-corrected chi connectivity index (χ2v) is 4.94. The molecule has 0 atom stereocenters. The first-order valence-electron chi connectivity index (χ1n) is 7.17. The van der Waals surface area contributed by atoms with Gasteiger partial charge in [-0.2, -0.15) is 0 Å². The zero-order chi connectivity index (χ0) is 15.9. The first kappa shape index (κ1) is 19.3. The van der Waals surface area contributed by atoms with E-state index in [9.17, 15) is 0 Å². The van der Waals surface area contributed by atoms with Crippen molar-refractivity contribution in [2.75, 3.05) is 20.8 Å². The second kappa shape index (κ2) is 9.42. The number of nitrogens with one attached hydrogen (secondary N) is 1. The van der Waals surface area contributed by atoms with E-state index in [1.165, 1.54) is 0 Å². The van der Waals surface area contributed by atoms with E-state index >= 15 is 0 Å². The van der Waals surface area contributed by atoms with E-state index in [2.05, 4.69) is 25.5 Å². The number of rotatable bonds is 5. The van der Waals surface area contributed by atoms with Gasteiger partial charge in [0.1, 0.15) is 0 Å². The van der Waals surface area contributed by atoms with Gasteiger partial charge in [0.25, 0.3) is 0 Å². The van der Waals surface area contributed by atoms with Crippen LogP contribution in [0.15, 0.2) is 42.5 Å². The van der Waals surface area contributed by atoms with Crippen LogP contribution < -0.4 is 19.9 Å². The van der Waals surface area contributed by atoms with Gasteiger partial charge in [-0.05, 0) is 12.1 Å². The molecule has 0 fully saturated rings. The van der Waals surface area contributed by atoms with Crippen molar-refractivity contribution in [3.05, 3.63) is 70.6 Å². The van der Waals surface area contributed by atoms with Crippen LogP contribution in [0.1, 0.15) is 12.5 Å². The number of hydrogen-bond donors (Lipinski definition) is 0. The standard InChI is InChI=1S/C19H21NO2.Pd/c1-14(11-15-7-5-4-6-8-15)17-13-19(22-3)18(21-2)12-16(17)9-10-20;/h4-9,11-13,20H,10H2,1-3H3;/q-2;+2/b16-9-,17-14-;. The monoisotopic (exact) mass is 401 g/mol. The van der Waals surface area contributed by atoms with E-state index in [4.69, 9.17) is 15.2 Å². The van der Waals surface area contributed by atoms with Crippen LogP contribution in [-0.4, -0.2) is 20.8 Å². The Bertz CT molecular complexity index is 742. The molecular formula is C19H21NO2Pd. The molecule has 0 saturated heterocycles. The molecule has 0 saturated carbocycles. The Morgan fingerprint density at radius 1 is 1.09 bits per heavy atom. The van der Waals surface area contributed by atoms with Gasteiger partial charge in [-0.1, -0.05) is 23.4 Å². The summed E-state index contributed by atoms with van der Waals surface area (Å²) < 4.78 is 10.7. The zero-order valence-corrected chi connectivity index (χ0v) is 15.1. The Labute approximate surface area is 151 Å². The average Bonchev–Trinajstić information content (AvgIpc) is 2.55. The van der Waals surface area contributed by atoms with E-state index in [0.29, 0.717) is 11.5 Å². The zero-order valence-electron chi connectivity index (χ0n) is 13.5. The summed E-state index contributed by atoms with van der Waals surface area (Å²) in [6.45, 7) is 2.29. The van der Waals surface area contributed by atoms with Crippen LogP contribution in [0.3, 0.4) is 0 Å². The summed E-state index contributed by atoms with van der Waals surface area (Å²) in [6.07, 6.45) is 4.00. The average molecular weight is 402 g/mol. The molecular weight excluding hydrogens is 381 g/mol. The predicted molar refractivity (Wildman–Crippen MR) is 91.4 cm³/mol. The fourth-order valence-electron chi connectivity index (χ4n) is 2.39. The smallest absolute Gasteiger partial charge is 0.674 e. The molecule has 3 nitrogen and oxygen atoms in total. The fourth-order valence-corrected chi connectivity index (χ4v) is 2.39. The molecule has 23 heavy (non-hydrogen) atoms. The van der Waals surface area contributed by atoms with Gasteiger partial charge < -0.3 is 15.2 Å². The summed E-state index contributed by atoms with van der Waals surface area (Å²) in [5.74, 6) is 1.37. The fraction of sp³-hybridized carbons (Fsp3) is 0.211. The van der Waals surface area contributed by atoms with Crippen LogP contribution in [0.25, 0.3) is 17.4 Å². The van der Waals surface area contributed by atoms with Crippen molar-refractivity contribution in [2.24, 2.45) is 0 Å². The molecule has 2 aromatic rings. The maximum absolute atomic E-state index is 7.48. The molecule has 0 aliphatic rings. The molecule has 0 bridgehead atoms. The molecule has 2 aromatic carbocycles. The van der Waals surface area contributed by atoms with Crippen LogP contribution in [-0.2, 0) is 20.4 Å². The minimum absolute atomic E-state index is 0. The molecule has 0 heterocycles. The van der Waals surface area contributed by atoms with E-state index < -0.39 is 0 Å². The molecule has 0 unspecified atom stereocenters. The molecule has 0 aromatic heterocycles. The molecule has 0 aliphatic carbocycles. The summed E-state index contributed by atoms with van der Waals surface area (Å²) in [4.78, 5) is 0. The summed E-state index contributed by atoms with van der Waals surface area (Å²) in [5, 5.41) is 2.03. The summed E-state index contributed by atoms with van der Waals surface area (Å²) in [5.41, 5.74) is 9.74. The Balaban J connectivity index is 0.00000264. The van der Waals surface area contributed by atoms with Gasteiger partial charge in [0.2, 0.25) is 0 Å². The topological polar surface area (TPSA) is 42.3 Å². The van der Waals surface area contributed by atoms with Gasteiger partial charge >= 0.3 is 20.4 Å². The van der Waals surface area contributed by atoms with Crippen molar-refractivity contribution < 1.29 is 29.9 Å². The number of hydrogen-bond acceptors (Lipinski definition) is 2. The Hall–Kier alpha value is -1.73. The predicted octanol–water partition coefficient (Wildman–Crippen LogP) is 2.96. The van der Waals surface area contributed by atoms with Crippen LogP contribution in [0.5, 0.6) is 11.5 Å². The largest absolute Gasteiger partial charge is 2.00 e. The number of ether oxygens (including phenoxy) is 2. The third-order valence-electron chi connectivity index (χ3n) is 3.49. The molecule has 0 amide bonds. The van der Waals surface area contributed by atoms with Crippen molar-refractivity contribution in [1.82, 2.24) is 0 Å². The van der Waals surface area contributed by atoms with Crippen molar-refractivity contribution in [3.63, 3.8) is 0 Å². The maximum atomic E-state index is 7.48. The Morgan fingerprint density at radius 3 is 2.26 bits per heavy atom. The van der Waals surface area contributed by atoms with Gasteiger partial charge in [0, 0.05) is 0 Å². The second-order valence-electron chi connectivity index (χ2n) is 4.94. The van der Waals surface area contributed by atoms with Crippen LogP contribution >= 0.6 is 0 Å². The quantitative estimate of drug-likeness (QED) is 0.571. The molecule has 4 heteroatoms. The third-order valence-corrected chi connectivity index (χ3v) is 3.49. The SMILES string of the molecule is COc1cc(=C/C[NH-])/c(=C(/C)[CH-]c2ccccc2)cc1OC.[Pd+2]. The molecule has 2 rings (SSSR count). The maximum Gasteiger partial charge on any atom is 2.00 e. The normalized spacial score (nSPS) is 12.3. The van der Waals surface area contributed by atoms with E-state index in [0.717, 1.165) is 21.6 Å².